The third kappa shape index (κ3) is 4.34. The Hall–Kier alpha value is -1.36. The minimum Gasteiger partial charge on any atom is -0.391 e. The van der Waals surface area contributed by atoms with Crippen LogP contribution in [0.2, 0.25) is 0 Å². The number of halogens is 3. The van der Waals surface area contributed by atoms with Gasteiger partial charge in [0.05, 0.1) is 6.20 Å². The van der Waals surface area contributed by atoms with Crippen LogP contribution in [-0.4, -0.2) is 14.7 Å². The summed E-state index contributed by atoms with van der Waals surface area (Å²) < 4.78 is 4.72. The second-order valence-corrected chi connectivity index (χ2v) is 6.06. The molecule has 0 aliphatic carbocycles. The lowest BCUT2D eigenvalue weighted by Gasteiger charge is -2.11. The zero-order valence-electron chi connectivity index (χ0n) is 10.2. The van der Waals surface area contributed by atoms with Crippen LogP contribution in [-0.2, 0) is 6.54 Å². The van der Waals surface area contributed by atoms with Gasteiger partial charge in [-0.05, 0) is 34.8 Å². The van der Waals surface area contributed by atoms with Crippen LogP contribution in [0.5, 0.6) is 5.88 Å². The van der Waals surface area contributed by atoms with Crippen LogP contribution in [0, 0.1) is 0 Å². The maximum Gasteiger partial charge on any atom is 0.390 e. The summed E-state index contributed by atoms with van der Waals surface area (Å²) in [6.45, 7) is 0.0581. The highest BCUT2D eigenvalue weighted by Crippen LogP contribution is 2.27. The molecule has 0 amide bonds. The third-order valence-electron chi connectivity index (χ3n) is 2.43. The molecular formula is C13H10Cl3N2O2+. The lowest BCUT2D eigenvalue weighted by molar-refractivity contribution is -0.689. The van der Waals surface area contributed by atoms with Crippen LogP contribution in [0.15, 0.2) is 48.9 Å². The van der Waals surface area contributed by atoms with E-state index in [9.17, 15) is 4.79 Å². The number of benzene rings is 1. The van der Waals surface area contributed by atoms with E-state index < -0.39 is 3.98 Å². The fourth-order valence-electron chi connectivity index (χ4n) is 1.58. The summed E-state index contributed by atoms with van der Waals surface area (Å²) in [5.74, 6) is 0.104. The summed E-state index contributed by atoms with van der Waals surface area (Å²) in [7, 11) is 0. The van der Waals surface area contributed by atoms with E-state index in [1.165, 1.54) is 17.0 Å². The first-order valence-electron chi connectivity index (χ1n) is 5.63. The van der Waals surface area contributed by atoms with E-state index in [1.807, 2.05) is 6.07 Å². The van der Waals surface area contributed by atoms with Gasteiger partial charge in [0.2, 0.25) is 12.3 Å². The number of hydrogen-bond donors (Lipinski definition) is 0. The Morgan fingerprint density at radius 1 is 1.25 bits per heavy atom. The normalized spacial score (nSPS) is 11.2. The molecule has 0 spiro atoms. The predicted molar refractivity (Wildman–Crippen MR) is 76.1 cm³/mol. The largest absolute Gasteiger partial charge is 0.391 e. The standard InChI is InChI=1S/C13H10Cl3N2O2/c14-13(15,16)20-12-8-17-6-7-18(12)9-11(19)10-4-2-1-3-5-10/h1-8H,9H2/q+1. The Morgan fingerprint density at radius 2 is 1.95 bits per heavy atom. The molecule has 0 saturated carbocycles. The van der Waals surface area contributed by atoms with Gasteiger partial charge in [-0.2, -0.15) is 4.57 Å². The number of aromatic nitrogens is 2. The monoisotopic (exact) mass is 331 g/mol. The van der Waals surface area contributed by atoms with Crippen molar-refractivity contribution in [1.29, 1.82) is 0 Å². The molecule has 1 aromatic carbocycles. The number of rotatable bonds is 4. The van der Waals surface area contributed by atoms with Gasteiger partial charge in [0, 0.05) is 5.56 Å². The van der Waals surface area contributed by atoms with E-state index >= 15 is 0 Å². The molecule has 0 atom stereocenters. The lowest BCUT2D eigenvalue weighted by atomic mass is 10.1. The van der Waals surface area contributed by atoms with Crippen molar-refractivity contribution in [2.24, 2.45) is 0 Å². The minimum absolute atomic E-state index is 0.0581. The molecule has 0 fully saturated rings. The molecule has 2 rings (SSSR count). The van der Waals surface area contributed by atoms with Crippen molar-refractivity contribution in [3.8, 4) is 5.88 Å². The van der Waals surface area contributed by atoms with Crippen molar-refractivity contribution in [2.45, 2.75) is 10.5 Å². The molecule has 7 heteroatoms. The van der Waals surface area contributed by atoms with Crippen LogP contribution in [0.3, 0.4) is 0 Å². The molecule has 4 nitrogen and oxygen atoms in total. The Morgan fingerprint density at radius 3 is 2.60 bits per heavy atom. The van der Waals surface area contributed by atoms with Crippen LogP contribution in [0.1, 0.15) is 10.4 Å². The van der Waals surface area contributed by atoms with E-state index in [4.69, 9.17) is 39.5 Å². The first kappa shape index (κ1) is 15.0. The fourth-order valence-corrected chi connectivity index (χ4v) is 1.81. The number of Topliss-reactive ketones (excluding diaryl/α,β-unsaturated/α-hetero) is 1. The van der Waals surface area contributed by atoms with Gasteiger partial charge in [-0.15, -0.1) is 0 Å². The second-order valence-electron chi connectivity index (χ2n) is 3.88. The van der Waals surface area contributed by atoms with Crippen molar-refractivity contribution >= 4 is 40.6 Å². The van der Waals surface area contributed by atoms with E-state index in [-0.39, 0.29) is 18.2 Å². The van der Waals surface area contributed by atoms with Crippen molar-refractivity contribution in [3.05, 3.63) is 54.5 Å². The Bertz CT molecular complexity index is 600. The van der Waals surface area contributed by atoms with Gasteiger partial charge in [0.15, 0.2) is 6.20 Å². The molecule has 2 aromatic rings. The van der Waals surface area contributed by atoms with Crippen LogP contribution in [0.4, 0.5) is 0 Å². The predicted octanol–water partition coefficient (Wildman–Crippen LogP) is 2.96. The molecule has 104 valence electrons. The minimum atomic E-state index is -1.92. The Kier molecular flexibility index (Phi) is 4.81. The number of ketones is 1. The van der Waals surface area contributed by atoms with Crippen LogP contribution in [0.25, 0.3) is 0 Å². The number of hydrogen-bond acceptors (Lipinski definition) is 3. The van der Waals surface area contributed by atoms with Gasteiger partial charge in [-0.25, -0.2) is 4.98 Å². The van der Waals surface area contributed by atoms with Gasteiger partial charge in [0.1, 0.15) is 6.20 Å². The molecule has 0 radical (unpaired) electrons. The average molecular weight is 333 g/mol. The summed E-state index contributed by atoms with van der Waals surface area (Å²) in [6.07, 6.45) is 4.47. The second kappa shape index (κ2) is 6.39. The molecule has 0 bridgehead atoms. The highest BCUT2D eigenvalue weighted by molar-refractivity contribution is 6.66. The molecule has 0 aliphatic rings. The number of carbonyl (C=O) groups is 1. The van der Waals surface area contributed by atoms with Crippen molar-refractivity contribution in [3.63, 3.8) is 0 Å². The quantitative estimate of drug-likeness (QED) is 0.491. The zero-order chi connectivity index (χ0) is 14.6. The number of nitrogens with zero attached hydrogens (tertiary/aromatic N) is 2. The van der Waals surface area contributed by atoms with E-state index in [0.29, 0.717) is 5.56 Å². The maximum atomic E-state index is 12.1. The summed E-state index contributed by atoms with van der Waals surface area (Å²) in [6, 6.07) is 8.90. The number of carbonyl (C=O) groups excluding carboxylic acids is 1. The fraction of sp³-hybridized carbons (Fsp3) is 0.154. The van der Waals surface area contributed by atoms with Crippen molar-refractivity contribution < 1.29 is 14.1 Å². The first-order valence-corrected chi connectivity index (χ1v) is 6.76. The molecule has 1 heterocycles. The highest BCUT2D eigenvalue weighted by atomic mass is 35.6. The number of alkyl halides is 3. The maximum absolute atomic E-state index is 12.1. The van der Waals surface area contributed by atoms with E-state index in [2.05, 4.69) is 4.98 Å². The highest BCUT2D eigenvalue weighted by Gasteiger charge is 2.28. The SMILES string of the molecule is O=C(C[n+]1ccncc1OC(Cl)(Cl)Cl)c1ccccc1. The molecule has 0 unspecified atom stereocenters. The summed E-state index contributed by atoms with van der Waals surface area (Å²) in [5, 5.41) is 0. The Balaban J connectivity index is 2.20. The first-order chi connectivity index (χ1) is 9.46. The third-order valence-corrected chi connectivity index (χ3v) is 2.66. The molecule has 1 aromatic heterocycles. The topological polar surface area (TPSA) is 43.1 Å². The van der Waals surface area contributed by atoms with Crippen LogP contribution < -0.4 is 9.30 Å². The summed E-state index contributed by atoms with van der Waals surface area (Å²) in [4.78, 5) is 16.0. The average Bonchev–Trinajstić information content (AvgIpc) is 2.40. The van der Waals surface area contributed by atoms with E-state index in [0.717, 1.165) is 0 Å². The molecular weight excluding hydrogens is 323 g/mol. The summed E-state index contributed by atoms with van der Waals surface area (Å²) in [5.41, 5.74) is 0.594. The Labute approximate surface area is 130 Å². The van der Waals surface area contributed by atoms with Gasteiger partial charge in [-0.3, -0.25) is 4.79 Å². The smallest absolute Gasteiger partial charge is 0.390 e. The lowest BCUT2D eigenvalue weighted by Crippen LogP contribution is -2.41. The van der Waals surface area contributed by atoms with Crippen molar-refractivity contribution in [1.82, 2.24) is 4.98 Å². The molecule has 0 saturated heterocycles. The van der Waals surface area contributed by atoms with Crippen LogP contribution >= 0.6 is 34.8 Å². The molecule has 0 aliphatic heterocycles. The van der Waals surface area contributed by atoms with Gasteiger partial charge >= 0.3 is 9.86 Å². The van der Waals surface area contributed by atoms with Gasteiger partial charge in [0.25, 0.3) is 0 Å². The van der Waals surface area contributed by atoms with E-state index in [1.54, 1.807) is 30.5 Å². The van der Waals surface area contributed by atoms with Gasteiger partial charge in [-0.1, -0.05) is 30.3 Å². The molecule has 20 heavy (non-hydrogen) atoms. The number of ether oxygens (including phenoxy) is 1. The van der Waals surface area contributed by atoms with Crippen molar-refractivity contribution in [2.75, 3.05) is 0 Å². The van der Waals surface area contributed by atoms with Gasteiger partial charge < -0.3 is 4.74 Å². The summed E-state index contributed by atoms with van der Waals surface area (Å²) >= 11 is 16.7. The zero-order valence-corrected chi connectivity index (χ0v) is 12.4. The molecule has 0 N–H and O–H groups in total.